The van der Waals surface area contributed by atoms with Crippen LogP contribution in [0.2, 0.25) is 0 Å². The van der Waals surface area contributed by atoms with Gasteiger partial charge >= 0.3 is 6.09 Å². The number of benzene rings is 1. The maximum Gasteiger partial charge on any atom is 0.410 e. The number of hydrogen-bond acceptors (Lipinski definition) is 3. The number of nitrogens with zero attached hydrogens (tertiary/aromatic N) is 1. The van der Waals surface area contributed by atoms with Crippen molar-refractivity contribution in [2.75, 3.05) is 19.6 Å². The van der Waals surface area contributed by atoms with Gasteiger partial charge < -0.3 is 15.0 Å². The summed E-state index contributed by atoms with van der Waals surface area (Å²) in [5.74, 6) is 0.609. The van der Waals surface area contributed by atoms with Crippen molar-refractivity contribution in [3.63, 3.8) is 0 Å². The number of carbonyl (C=O) groups excluding carboxylic acids is 1. The van der Waals surface area contributed by atoms with E-state index in [0.29, 0.717) is 18.6 Å². The molecule has 2 aliphatic rings. The summed E-state index contributed by atoms with van der Waals surface area (Å²) < 4.78 is 5.43. The zero-order chi connectivity index (χ0) is 13.1. The van der Waals surface area contributed by atoms with Gasteiger partial charge in [-0.05, 0) is 24.3 Å². The highest BCUT2D eigenvalue weighted by molar-refractivity contribution is 5.68. The van der Waals surface area contributed by atoms with E-state index in [2.05, 4.69) is 5.32 Å². The van der Waals surface area contributed by atoms with Crippen LogP contribution in [0.3, 0.4) is 0 Å². The second-order valence-electron chi connectivity index (χ2n) is 5.36. The predicted octanol–water partition coefficient (Wildman–Crippen LogP) is 2.01. The molecule has 1 N–H and O–H groups in total. The number of rotatable bonds is 2. The average molecular weight is 260 g/mol. The van der Waals surface area contributed by atoms with Crippen LogP contribution in [0.5, 0.6) is 0 Å². The molecule has 102 valence electrons. The lowest BCUT2D eigenvalue weighted by molar-refractivity contribution is 0.0614. The van der Waals surface area contributed by atoms with Crippen molar-refractivity contribution >= 4 is 6.09 Å². The average Bonchev–Trinajstić information content (AvgIpc) is 2.94. The van der Waals surface area contributed by atoms with E-state index in [1.807, 2.05) is 35.2 Å². The highest BCUT2D eigenvalue weighted by Crippen LogP contribution is 2.26. The molecular formula is C15H20N2O2. The Morgan fingerprint density at radius 2 is 2.16 bits per heavy atom. The first-order valence-corrected chi connectivity index (χ1v) is 7.02. The van der Waals surface area contributed by atoms with Crippen LogP contribution in [0.15, 0.2) is 30.3 Å². The summed E-state index contributed by atoms with van der Waals surface area (Å²) in [7, 11) is 0. The molecular weight excluding hydrogens is 240 g/mol. The van der Waals surface area contributed by atoms with Crippen molar-refractivity contribution in [2.45, 2.75) is 25.5 Å². The Morgan fingerprint density at radius 1 is 1.32 bits per heavy atom. The van der Waals surface area contributed by atoms with Gasteiger partial charge in [0, 0.05) is 19.6 Å². The number of piperidine rings is 1. The predicted molar refractivity (Wildman–Crippen MR) is 72.7 cm³/mol. The molecule has 0 spiro atoms. The number of amides is 1. The molecule has 0 radical (unpaired) electrons. The Bertz CT molecular complexity index is 435. The van der Waals surface area contributed by atoms with Crippen LogP contribution in [0.1, 0.15) is 18.4 Å². The van der Waals surface area contributed by atoms with E-state index in [4.69, 9.17) is 4.74 Å². The first-order chi connectivity index (χ1) is 9.34. The Kier molecular flexibility index (Phi) is 3.69. The molecule has 2 fully saturated rings. The molecule has 0 saturated carbocycles. The van der Waals surface area contributed by atoms with E-state index in [1.54, 1.807) is 0 Å². The molecule has 2 aliphatic heterocycles. The van der Waals surface area contributed by atoms with Crippen molar-refractivity contribution in [3.8, 4) is 0 Å². The fourth-order valence-corrected chi connectivity index (χ4v) is 3.10. The topological polar surface area (TPSA) is 41.6 Å². The Hall–Kier alpha value is -1.55. The largest absolute Gasteiger partial charge is 0.445 e. The molecule has 19 heavy (non-hydrogen) atoms. The van der Waals surface area contributed by atoms with Crippen LogP contribution in [-0.2, 0) is 11.3 Å². The monoisotopic (exact) mass is 260 g/mol. The number of nitrogens with one attached hydrogen (secondary N) is 1. The van der Waals surface area contributed by atoms with E-state index >= 15 is 0 Å². The third kappa shape index (κ3) is 2.73. The van der Waals surface area contributed by atoms with Gasteiger partial charge in [-0.3, -0.25) is 0 Å². The molecule has 4 heteroatoms. The van der Waals surface area contributed by atoms with E-state index in [-0.39, 0.29) is 6.09 Å². The van der Waals surface area contributed by atoms with Gasteiger partial charge in [0.05, 0.1) is 6.04 Å². The molecule has 0 bridgehead atoms. The molecule has 1 aromatic carbocycles. The summed E-state index contributed by atoms with van der Waals surface area (Å²) in [6, 6.07) is 10.2. The van der Waals surface area contributed by atoms with Crippen LogP contribution in [0, 0.1) is 5.92 Å². The first-order valence-electron chi connectivity index (χ1n) is 7.02. The minimum absolute atomic E-state index is 0.165. The van der Waals surface area contributed by atoms with E-state index in [0.717, 1.165) is 31.6 Å². The van der Waals surface area contributed by atoms with Gasteiger partial charge in [0.25, 0.3) is 0 Å². The van der Waals surface area contributed by atoms with Gasteiger partial charge in [-0.2, -0.15) is 0 Å². The smallest absolute Gasteiger partial charge is 0.410 e. The minimum Gasteiger partial charge on any atom is -0.445 e. The normalized spacial score (nSPS) is 26.0. The van der Waals surface area contributed by atoms with Gasteiger partial charge in [0.15, 0.2) is 0 Å². The first kappa shape index (κ1) is 12.5. The van der Waals surface area contributed by atoms with E-state index in [1.165, 1.54) is 6.42 Å². The number of fused-ring (bicyclic) bond motifs is 1. The summed E-state index contributed by atoms with van der Waals surface area (Å²) in [6.45, 7) is 3.13. The maximum absolute atomic E-state index is 12.2. The lowest BCUT2D eigenvalue weighted by atomic mass is 9.92. The number of carbonyl (C=O) groups is 1. The van der Waals surface area contributed by atoms with Gasteiger partial charge in [-0.25, -0.2) is 4.79 Å². The fourth-order valence-electron chi connectivity index (χ4n) is 3.10. The third-order valence-corrected chi connectivity index (χ3v) is 4.12. The quantitative estimate of drug-likeness (QED) is 0.884. The van der Waals surface area contributed by atoms with Gasteiger partial charge in [-0.1, -0.05) is 30.3 Å². The van der Waals surface area contributed by atoms with Crippen molar-refractivity contribution in [3.05, 3.63) is 35.9 Å². The number of likely N-dealkylation sites (tertiary alicyclic amines) is 1. The maximum atomic E-state index is 12.2. The molecule has 4 nitrogen and oxygen atoms in total. The molecule has 2 saturated heterocycles. The van der Waals surface area contributed by atoms with Crippen molar-refractivity contribution in [1.82, 2.24) is 10.2 Å². The molecule has 0 aliphatic carbocycles. The summed E-state index contributed by atoms with van der Waals surface area (Å²) in [5, 5.41) is 3.37. The van der Waals surface area contributed by atoms with Crippen LogP contribution < -0.4 is 5.32 Å². The highest BCUT2D eigenvalue weighted by Gasteiger charge is 2.37. The Labute approximate surface area is 113 Å². The van der Waals surface area contributed by atoms with Crippen LogP contribution in [-0.4, -0.2) is 36.7 Å². The zero-order valence-corrected chi connectivity index (χ0v) is 11.0. The van der Waals surface area contributed by atoms with Crippen molar-refractivity contribution in [1.29, 1.82) is 0 Å². The van der Waals surface area contributed by atoms with Gasteiger partial charge in [-0.15, -0.1) is 0 Å². The van der Waals surface area contributed by atoms with Gasteiger partial charge in [0.2, 0.25) is 0 Å². The number of hydrogen-bond donors (Lipinski definition) is 1. The van der Waals surface area contributed by atoms with Gasteiger partial charge in [0.1, 0.15) is 6.61 Å². The zero-order valence-electron chi connectivity index (χ0n) is 11.0. The standard InChI is InChI=1S/C15H20N2O2/c18-15(19-11-12-5-2-1-3-6-12)17-8-4-7-13-9-16-10-14(13)17/h1-3,5-6,13-14,16H,4,7-11H2/t13-,14-/m0/s1. The highest BCUT2D eigenvalue weighted by atomic mass is 16.6. The second-order valence-corrected chi connectivity index (χ2v) is 5.36. The summed E-state index contributed by atoms with van der Waals surface area (Å²) in [5.41, 5.74) is 1.04. The molecule has 2 heterocycles. The molecule has 0 unspecified atom stereocenters. The molecule has 3 rings (SSSR count). The lowest BCUT2D eigenvalue weighted by Crippen LogP contribution is -2.48. The van der Waals surface area contributed by atoms with Crippen molar-refractivity contribution < 1.29 is 9.53 Å². The minimum atomic E-state index is -0.165. The molecule has 1 amide bonds. The lowest BCUT2D eigenvalue weighted by Gasteiger charge is -2.36. The fraction of sp³-hybridized carbons (Fsp3) is 0.533. The number of ether oxygens (including phenoxy) is 1. The summed E-state index contributed by atoms with van der Waals surface area (Å²) in [4.78, 5) is 14.1. The summed E-state index contributed by atoms with van der Waals surface area (Å²) >= 11 is 0. The Morgan fingerprint density at radius 3 is 3.00 bits per heavy atom. The molecule has 2 atom stereocenters. The second kappa shape index (κ2) is 5.61. The van der Waals surface area contributed by atoms with Crippen LogP contribution in [0.4, 0.5) is 4.79 Å². The van der Waals surface area contributed by atoms with Crippen molar-refractivity contribution in [2.24, 2.45) is 5.92 Å². The van der Waals surface area contributed by atoms with E-state index in [9.17, 15) is 4.79 Å². The summed E-state index contributed by atoms with van der Waals surface area (Å²) in [6.07, 6.45) is 2.14. The Balaban J connectivity index is 1.57. The molecule has 1 aromatic rings. The van der Waals surface area contributed by atoms with Crippen LogP contribution >= 0.6 is 0 Å². The van der Waals surface area contributed by atoms with E-state index < -0.39 is 0 Å². The third-order valence-electron chi connectivity index (χ3n) is 4.12. The molecule has 0 aromatic heterocycles. The van der Waals surface area contributed by atoms with Crippen LogP contribution in [0.25, 0.3) is 0 Å². The SMILES string of the molecule is O=C(OCc1ccccc1)N1CCC[C@H]2CNC[C@@H]21.